The summed E-state index contributed by atoms with van der Waals surface area (Å²) in [5.74, 6) is 2.42. The van der Waals surface area contributed by atoms with E-state index in [4.69, 9.17) is 0 Å². The summed E-state index contributed by atoms with van der Waals surface area (Å²) in [6.07, 6.45) is 4.23. The summed E-state index contributed by atoms with van der Waals surface area (Å²) in [6, 6.07) is 9.49. The van der Waals surface area contributed by atoms with Crippen LogP contribution in [-0.4, -0.2) is 12.3 Å². The fraction of sp³-hybridized carbons (Fsp3) is 0.600. The molecule has 2 heteroatoms. The van der Waals surface area contributed by atoms with Crippen molar-refractivity contribution in [2.75, 3.05) is 12.3 Å². The lowest BCUT2D eigenvalue weighted by molar-refractivity contribution is 0.152. The van der Waals surface area contributed by atoms with E-state index >= 15 is 0 Å². The summed E-state index contributed by atoms with van der Waals surface area (Å²) in [5.41, 5.74) is 3.64. The van der Waals surface area contributed by atoms with Crippen molar-refractivity contribution in [2.24, 2.45) is 5.41 Å². The number of hydrogen-bond donors (Lipinski definition) is 1. The molecule has 1 N–H and O–H groups in total. The molecule has 0 spiro atoms. The maximum Gasteiger partial charge on any atom is 0.0415 e. The first-order valence-corrected chi connectivity index (χ1v) is 7.81. The lowest BCUT2D eigenvalue weighted by Gasteiger charge is -2.40. The van der Waals surface area contributed by atoms with E-state index < -0.39 is 0 Å². The molecule has 92 valence electrons. The van der Waals surface area contributed by atoms with Crippen LogP contribution in [0.5, 0.6) is 0 Å². The van der Waals surface area contributed by atoms with Crippen LogP contribution >= 0.6 is 11.8 Å². The van der Waals surface area contributed by atoms with Crippen LogP contribution in [0.2, 0.25) is 0 Å². The Labute approximate surface area is 108 Å². The minimum absolute atomic E-state index is 0.572. The van der Waals surface area contributed by atoms with Gasteiger partial charge in [-0.05, 0) is 29.4 Å². The first-order chi connectivity index (χ1) is 8.27. The van der Waals surface area contributed by atoms with Gasteiger partial charge < -0.3 is 5.32 Å². The third-order valence-corrected chi connectivity index (χ3v) is 5.39. The second-order valence-electron chi connectivity index (χ2n) is 5.81. The van der Waals surface area contributed by atoms with Crippen LogP contribution in [0.4, 0.5) is 0 Å². The number of nitrogens with one attached hydrogen (secondary N) is 1. The number of benzene rings is 1. The number of fused-ring (bicyclic) bond motifs is 1. The van der Waals surface area contributed by atoms with Crippen molar-refractivity contribution in [3.05, 3.63) is 35.4 Å². The Morgan fingerprint density at radius 3 is 2.94 bits per heavy atom. The molecule has 0 bridgehead atoms. The Kier molecular flexibility index (Phi) is 3.18. The van der Waals surface area contributed by atoms with Crippen molar-refractivity contribution in [2.45, 2.75) is 38.0 Å². The van der Waals surface area contributed by atoms with E-state index in [2.05, 4.69) is 48.3 Å². The van der Waals surface area contributed by atoms with Gasteiger partial charge in [-0.2, -0.15) is 11.8 Å². The van der Waals surface area contributed by atoms with Gasteiger partial charge in [-0.25, -0.2) is 0 Å². The smallest absolute Gasteiger partial charge is 0.0415 e. The Bertz CT molecular complexity index is 398. The fourth-order valence-corrected chi connectivity index (χ4v) is 4.01. The molecule has 0 amide bonds. The van der Waals surface area contributed by atoms with Gasteiger partial charge >= 0.3 is 0 Å². The second-order valence-corrected chi connectivity index (χ2v) is 6.84. The molecule has 0 saturated heterocycles. The molecular weight excluding hydrogens is 226 g/mol. The SMILES string of the molecule is CC1(CNC2CSCc3ccccc32)CCC1. The quantitative estimate of drug-likeness (QED) is 0.873. The van der Waals surface area contributed by atoms with Crippen molar-refractivity contribution < 1.29 is 0 Å². The van der Waals surface area contributed by atoms with E-state index in [0.717, 1.165) is 0 Å². The molecule has 1 nitrogen and oxygen atoms in total. The summed E-state index contributed by atoms with van der Waals surface area (Å²) >= 11 is 2.06. The molecule has 1 aromatic rings. The molecule has 1 atom stereocenters. The second kappa shape index (κ2) is 4.66. The highest BCUT2D eigenvalue weighted by Crippen LogP contribution is 2.40. The molecule has 3 rings (SSSR count). The number of hydrogen-bond acceptors (Lipinski definition) is 2. The van der Waals surface area contributed by atoms with Gasteiger partial charge in [0, 0.05) is 24.1 Å². The average molecular weight is 247 g/mol. The molecule has 1 saturated carbocycles. The van der Waals surface area contributed by atoms with Crippen molar-refractivity contribution in [3.63, 3.8) is 0 Å². The largest absolute Gasteiger partial charge is 0.309 e. The zero-order valence-corrected chi connectivity index (χ0v) is 11.4. The van der Waals surface area contributed by atoms with Crippen LogP contribution in [0.15, 0.2) is 24.3 Å². The maximum atomic E-state index is 3.80. The van der Waals surface area contributed by atoms with Gasteiger partial charge in [0.05, 0.1) is 0 Å². The minimum Gasteiger partial charge on any atom is -0.309 e. The van der Waals surface area contributed by atoms with E-state index in [0.29, 0.717) is 11.5 Å². The first-order valence-electron chi connectivity index (χ1n) is 6.66. The topological polar surface area (TPSA) is 12.0 Å². The molecule has 1 unspecified atom stereocenters. The number of rotatable bonds is 3. The van der Waals surface area contributed by atoms with Crippen molar-refractivity contribution >= 4 is 11.8 Å². The summed E-state index contributed by atoms with van der Waals surface area (Å²) < 4.78 is 0. The molecule has 1 heterocycles. The first kappa shape index (κ1) is 11.6. The number of thioether (sulfide) groups is 1. The Hall–Kier alpha value is -0.470. The molecule has 1 fully saturated rings. The van der Waals surface area contributed by atoms with E-state index in [1.54, 1.807) is 0 Å². The lowest BCUT2D eigenvalue weighted by Crippen LogP contribution is -2.40. The molecular formula is C15H21NS. The van der Waals surface area contributed by atoms with Gasteiger partial charge in [0.25, 0.3) is 0 Å². The van der Waals surface area contributed by atoms with Gasteiger partial charge in [-0.3, -0.25) is 0 Å². The Morgan fingerprint density at radius 2 is 2.18 bits per heavy atom. The van der Waals surface area contributed by atoms with Gasteiger partial charge in [0.1, 0.15) is 0 Å². The molecule has 1 aliphatic carbocycles. The molecule has 0 aromatic heterocycles. The van der Waals surface area contributed by atoms with Gasteiger partial charge in [0.15, 0.2) is 0 Å². The summed E-state index contributed by atoms with van der Waals surface area (Å²) in [4.78, 5) is 0. The monoisotopic (exact) mass is 247 g/mol. The normalized spacial score (nSPS) is 26.1. The zero-order chi connectivity index (χ0) is 11.7. The van der Waals surface area contributed by atoms with E-state index in [1.165, 1.54) is 48.4 Å². The highest BCUT2D eigenvalue weighted by molar-refractivity contribution is 7.98. The Balaban J connectivity index is 1.68. The molecule has 2 aliphatic rings. The molecule has 1 aliphatic heterocycles. The van der Waals surface area contributed by atoms with Crippen LogP contribution in [-0.2, 0) is 5.75 Å². The summed E-state index contributed by atoms with van der Waals surface area (Å²) in [6.45, 7) is 3.61. The van der Waals surface area contributed by atoms with Crippen LogP contribution in [0.25, 0.3) is 0 Å². The van der Waals surface area contributed by atoms with Crippen LogP contribution in [0, 0.1) is 5.41 Å². The van der Waals surface area contributed by atoms with Crippen molar-refractivity contribution in [3.8, 4) is 0 Å². The highest BCUT2D eigenvalue weighted by atomic mass is 32.2. The molecule has 17 heavy (non-hydrogen) atoms. The van der Waals surface area contributed by atoms with Crippen molar-refractivity contribution in [1.29, 1.82) is 0 Å². The van der Waals surface area contributed by atoms with Gasteiger partial charge in [-0.15, -0.1) is 0 Å². The highest BCUT2D eigenvalue weighted by Gasteiger charge is 2.32. The zero-order valence-electron chi connectivity index (χ0n) is 10.5. The summed E-state index contributed by atoms with van der Waals surface area (Å²) in [5, 5.41) is 3.80. The predicted octanol–water partition coefficient (Wildman–Crippen LogP) is 3.75. The van der Waals surface area contributed by atoms with Crippen molar-refractivity contribution in [1.82, 2.24) is 5.32 Å². The maximum absolute atomic E-state index is 3.80. The van der Waals surface area contributed by atoms with Crippen LogP contribution in [0.3, 0.4) is 0 Å². The molecule has 0 radical (unpaired) electrons. The minimum atomic E-state index is 0.572. The lowest BCUT2D eigenvalue weighted by atomic mass is 9.70. The predicted molar refractivity (Wildman–Crippen MR) is 75.3 cm³/mol. The Morgan fingerprint density at radius 1 is 1.35 bits per heavy atom. The fourth-order valence-electron chi connectivity index (χ4n) is 2.88. The van der Waals surface area contributed by atoms with Crippen LogP contribution < -0.4 is 5.32 Å². The standard InChI is InChI=1S/C15H21NS/c1-15(7-4-8-15)11-16-14-10-17-9-12-5-2-3-6-13(12)14/h2-3,5-6,14,16H,4,7-11H2,1H3. The van der Waals surface area contributed by atoms with Gasteiger partial charge in [0.2, 0.25) is 0 Å². The summed E-state index contributed by atoms with van der Waals surface area (Å²) in [7, 11) is 0. The molecule has 1 aromatic carbocycles. The van der Waals surface area contributed by atoms with E-state index in [-0.39, 0.29) is 0 Å². The van der Waals surface area contributed by atoms with Gasteiger partial charge in [-0.1, -0.05) is 37.6 Å². The average Bonchev–Trinajstić information content (AvgIpc) is 2.34. The third-order valence-electron chi connectivity index (χ3n) is 4.31. The van der Waals surface area contributed by atoms with E-state index in [1.807, 2.05) is 0 Å². The van der Waals surface area contributed by atoms with Crippen LogP contribution in [0.1, 0.15) is 43.4 Å². The third kappa shape index (κ3) is 2.38. The van der Waals surface area contributed by atoms with E-state index in [9.17, 15) is 0 Å².